The molecule has 0 unspecified atom stereocenters. The number of alkyl halides is 3. The Morgan fingerprint density at radius 2 is 1.81 bits per heavy atom. The highest BCUT2D eigenvalue weighted by Crippen LogP contribution is 2.40. The Labute approximate surface area is 152 Å². The minimum Gasteiger partial charge on any atom is -0.306 e. The summed E-state index contributed by atoms with van der Waals surface area (Å²) in [6.07, 6.45) is -2.20. The molecular formula is C17H15F4N3O2S. The summed E-state index contributed by atoms with van der Waals surface area (Å²) >= 11 is 0. The summed E-state index contributed by atoms with van der Waals surface area (Å²) in [6.45, 7) is 0.855. The molecule has 0 saturated carbocycles. The molecule has 5 nitrogen and oxygen atoms in total. The van der Waals surface area contributed by atoms with Gasteiger partial charge in [-0.15, -0.1) is 0 Å². The van der Waals surface area contributed by atoms with Gasteiger partial charge in [0.05, 0.1) is 0 Å². The van der Waals surface area contributed by atoms with Gasteiger partial charge in [0.1, 0.15) is 17.5 Å². The summed E-state index contributed by atoms with van der Waals surface area (Å²) in [5, 5.41) is -0.494. The van der Waals surface area contributed by atoms with Gasteiger partial charge in [-0.25, -0.2) is 17.8 Å². The third-order valence-electron chi connectivity index (χ3n) is 4.01. The fourth-order valence-corrected chi connectivity index (χ4v) is 4.37. The van der Waals surface area contributed by atoms with Crippen LogP contribution in [0.25, 0.3) is 5.65 Å². The maximum atomic E-state index is 13.8. The zero-order valence-electron chi connectivity index (χ0n) is 14.1. The van der Waals surface area contributed by atoms with Gasteiger partial charge in [-0.3, -0.25) is 0 Å². The molecule has 3 aromatic rings. The van der Waals surface area contributed by atoms with E-state index in [1.54, 1.807) is 18.3 Å². The summed E-state index contributed by atoms with van der Waals surface area (Å²) in [4.78, 5) is 3.93. The number of rotatable bonds is 5. The number of nitrogens with zero attached hydrogens (tertiary/aromatic N) is 3. The molecule has 10 heteroatoms. The Bertz CT molecular complexity index is 1010. The first-order chi connectivity index (χ1) is 12.6. The molecular weight excluding hydrogens is 386 g/mol. The minimum absolute atomic E-state index is 0.289. The van der Waals surface area contributed by atoms with E-state index in [1.807, 2.05) is 0 Å². The van der Waals surface area contributed by atoms with Crippen molar-refractivity contribution in [3.05, 3.63) is 66.2 Å². The van der Waals surface area contributed by atoms with Gasteiger partial charge in [0.2, 0.25) is 0 Å². The van der Waals surface area contributed by atoms with E-state index in [1.165, 1.54) is 17.4 Å². The molecule has 0 aliphatic rings. The van der Waals surface area contributed by atoms with Crippen molar-refractivity contribution in [1.82, 2.24) is 13.7 Å². The van der Waals surface area contributed by atoms with Crippen molar-refractivity contribution in [2.24, 2.45) is 0 Å². The normalized spacial score (nSPS) is 14.0. The molecule has 0 N–H and O–H groups in total. The number of pyridine rings is 1. The molecule has 0 saturated heterocycles. The van der Waals surface area contributed by atoms with E-state index in [4.69, 9.17) is 0 Å². The quantitative estimate of drug-likeness (QED) is 0.612. The highest BCUT2D eigenvalue weighted by molar-refractivity contribution is 7.89. The number of fused-ring (bicyclic) bond motifs is 1. The molecule has 27 heavy (non-hydrogen) atoms. The molecule has 0 fully saturated rings. The van der Waals surface area contributed by atoms with Crippen LogP contribution in [0.5, 0.6) is 0 Å². The molecule has 0 aliphatic carbocycles. The predicted molar refractivity (Wildman–Crippen MR) is 90.0 cm³/mol. The third-order valence-corrected chi connectivity index (χ3v) is 5.82. The van der Waals surface area contributed by atoms with Crippen LogP contribution in [0.15, 0.2) is 59.9 Å². The van der Waals surface area contributed by atoms with Gasteiger partial charge in [0.15, 0.2) is 5.03 Å². The van der Waals surface area contributed by atoms with Crippen molar-refractivity contribution in [2.45, 2.75) is 24.2 Å². The highest BCUT2D eigenvalue weighted by Gasteiger charge is 2.49. The lowest BCUT2D eigenvalue weighted by atomic mass is 10.1. The van der Waals surface area contributed by atoms with Crippen molar-refractivity contribution >= 4 is 15.7 Å². The summed E-state index contributed by atoms with van der Waals surface area (Å²) in [5.41, 5.74) is -0.0874. The van der Waals surface area contributed by atoms with Gasteiger partial charge in [-0.2, -0.15) is 17.5 Å². The maximum absolute atomic E-state index is 13.8. The molecule has 144 valence electrons. The Morgan fingerprint density at radius 1 is 1.15 bits per heavy atom. The average molecular weight is 401 g/mol. The summed E-state index contributed by atoms with van der Waals surface area (Å²) < 4.78 is 82.0. The Morgan fingerprint density at radius 3 is 2.37 bits per heavy atom. The molecule has 1 atom stereocenters. The van der Waals surface area contributed by atoms with E-state index in [9.17, 15) is 26.0 Å². The van der Waals surface area contributed by atoms with E-state index >= 15 is 0 Å². The largest absolute Gasteiger partial charge is 0.409 e. The van der Waals surface area contributed by atoms with Crippen LogP contribution in [0.1, 0.15) is 18.5 Å². The number of benzene rings is 1. The van der Waals surface area contributed by atoms with Crippen molar-refractivity contribution in [1.29, 1.82) is 0 Å². The number of halogens is 4. The Hall–Kier alpha value is -2.46. The summed E-state index contributed by atoms with van der Waals surface area (Å²) in [7, 11) is -4.57. The zero-order valence-corrected chi connectivity index (χ0v) is 14.9. The smallest absolute Gasteiger partial charge is 0.306 e. The van der Waals surface area contributed by atoms with Crippen LogP contribution in [0, 0.1) is 5.82 Å². The van der Waals surface area contributed by atoms with Gasteiger partial charge in [-0.05, 0) is 29.8 Å². The second-order valence-electron chi connectivity index (χ2n) is 5.75. The number of sulfonamides is 1. The highest BCUT2D eigenvalue weighted by atomic mass is 32.2. The van der Waals surface area contributed by atoms with Gasteiger partial charge < -0.3 is 4.40 Å². The maximum Gasteiger partial charge on any atom is 0.409 e. The van der Waals surface area contributed by atoms with Crippen molar-refractivity contribution < 1.29 is 26.0 Å². The average Bonchev–Trinajstić information content (AvgIpc) is 3.04. The van der Waals surface area contributed by atoms with Crippen molar-refractivity contribution in [3.8, 4) is 0 Å². The Kier molecular flexibility index (Phi) is 4.96. The molecule has 1 aromatic carbocycles. The van der Waals surface area contributed by atoms with E-state index in [0.29, 0.717) is 4.31 Å². The van der Waals surface area contributed by atoms with Crippen LogP contribution >= 0.6 is 0 Å². The second-order valence-corrected chi connectivity index (χ2v) is 7.59. The molecule has 0 spiro atoms. The standard InChI is InChI=1S/C17H15F4N3O2S/c1-2-24(16(17(19,20)21)12-6-8-13(18)9-7-12)27(25,26)15-11-23-10-4-3-5-14(23)22-15/h3-11,16H,2H2,1H3/t16-/m1/s1. The topological polar surface area (TPSA) is 54.7 Å². The van der Waals surface area contributed by atoms with Crippen LogP contribution in [0.4, 0.5) is 17.6 Å². The monoisotopic (exact) mass is 401 g/mol. The molecule has 0 radical (unpaired) electrons. The summed E-state index contributed by atoms with van der Waals surface area (Å²) in [5.74, 6) is -0.717. The molecule has 0 amide bonds. The van der Waals surface area contributed by atoms with Gasteiger partial charge >= 0.3 is 6.18 Å². The van der Waals surface area contributed by atoms with Gasteiger partial charge in [0.25, 0.3) is 10.0 Å². The first kappa shape index (κ1) is 19.3. The van der Waals surface area contributed by atoms with Crippen LogP contribution in [-0.4, -0.2) is 34.8 Å². The van der Waals surface area contributed by atoms with Crippen molar-refractivity contribution in [2.75, 3.05) is 6.54 Å². The fourth-order valence-electron chi connectivity index (χ4n) is 2.81. The van der Waals surface area contributed by atoms with Crippen LogP contribution in [0.3, 0.4) is 0 Å². The van der Waals surface area contributed by atoms with Crippen LogP contribution in [0.2, 0.25) is 0 Å². The van der Waals surface area contributed by atoms with Gasteiger partial charge in [-0.1, -0.05) is 25.1 Å². The number of imidazole rings is 1. The van der Waals surface area contributed by atoms with E-state index in [-0.39, 0.29) is 11.2 Å². The second kappa shape index (κ2) is 6.93. The first-order valence-corrected chi connectivity index (χ1v) is 9.36. The molecule has 0 bridgehead atoms. The number of hydrogen-bond acceptors (Lipinski definition) is 3. The lowest BCUT2D eigenvalue weighted by Gasteiger charge is -2.31. The molecule has 0 aliphatic heterocycles. The molecule has 3 rings (SSSR count). The molecule has 2 heterocycles. The van der Waals surface area contributed by atoms with Crippen molar-refractivity contribution in [3.63, 3.8) is 0 Å². The lowest BCUT2D eigenvalue weighted by Crippen LogP contribution is -2.42. The van der Waals surface area contributed by atoms with E-state index in [2.05, 4.69) is 4.98 Å². The van der Waals surface area contributed by atoms with E-state index in [0.717, 1.165) is 30.5 Å². The summed E-state index contributed by atoms with van der Waals surface area (Å²) in [6, 6.07) is 5.92. The predicted octanol–water partition coefficient (Wildman–Crippen LogP) is 3.79. The lowest BCUT2D eigenvalue weighted by molar-refractivity contribution is -0.173. The fraction of sp³-hybridized carbons (Fsp3) is 0.235. The number of hydrogen-bond donors (Lipinski definition) is 0. The SMILES string of the molecule is CCN([C@H](c1ccc(F)cc1)C(F)(F)F)S(=O)(=O)c1cn2ccccc2n1. The number of aromatic nitrogens is 2. The van der Waals surface area contributed by atoms with Gasteiger partial charge in [0, 0.05) is 18.9 Å². The molecule has 2 aromatic heterocycles. The Balaban J connectivity index is 2.12. The third kappa shape index (κ3) is 3.67. The van der Waals surface area contributed by atoms with Crippen LogP contribution in [-0.2, 0) is 10.0 Å². The zero-order chi connectivity index (χ0) is 19.8. The minimum atomic E-state index is -4.90. The van der Waals surface area contributed by atoms with E-state index < -0.39 is 39.6 Å². The first-order valence-electron chi connectivity index (χ1n) is 7.92. The van der Waals surface area contributed by atoms with Crippen LogP contribution < -0.4 is 0 Å².